The molecule has 1 aromatic carbocycles. The second-order valence-corrected chi connectivity index (χ2v) is 3.01. The summed E-state index contributed by atoms with van der Waals surface area (Å²) in [6.45, 7) is 1.73. The van der Waals surface area contributed by atoms with Gasteiger partial charge in [-0.15, -0.1) is 0 Å². The van der Waals surface area contributed by atoms with Crippen LogP contribution in [-0.4, -0.2) is 5.11 Å². The molecule has 0 spiro atoms. The van der Waals surface area contributed by atoms with Crippen LogP contribution in [0.25, 0.3) is 0 Å². The summed E-state index contributed by atoms with van der Waals surface area (Å²) in [4.78, 5) is 0. The molecule has 14 heavy (non-hydrogen) atoms. The van der Waals surface area contributed by atoms with Crippen molar-refractivity contribution in [1.29, 1.82) is 0 Å². The average molecular weight is 204 g/mol. The molecule has 1 atom stereocenters. The Morgan fingerprint density at radius 2 is 2.00 bits per heavy atom. The Morgan fingerprint density at radius 1 is 1.36 bits per heavy atom. The Morgan fingerprint density at radius 3 is 2.43 bits per heavy atom. The van der Waals surface area contributed by atoms with Crippen molar-refractivity contribution >= 4 is 0 Å². The van der Waals surface area contributed by atoms with E-state index >= 15 is 0 Å². The first-order valence-electron chi connectivity index (χ1n) is 4.31. The molecule has 0 saturated carbocycles. The second-order valence-electron chi connectivity index (χ2n) is 3.01. The van der Waals surface area contributed by atoms with Crippen molar-refractivity contribution < 1.29 is 18.3 Å². The van der Waals surface area contributed by atoms with E-state index in [0.29, 0.717) is 12.0 Å². The minimum atomic E-state index is -2.82. The second kappa shape index (κ2) is 4.46. The van der Waals surface area contributed by atoms with Crippen LogP contribution in [0.1, 0.15) is 37.0 Å². The van der Waals surface area contributed by atoms with Gasteiger partial charge in [0.2, 0.25) is 0 Å². The standard InChI is InChI=1S/C10H11F3O/c1-2-9(14)6-3-4-7(10(12)13)8(11)5-6/h3-5,9-10,14H,2H2,1H3. The summed E-state index contributed by atoms with van der Waals surface area (Å²) < 4.78 is 37.3. The van der Waals surface area contributed by atoms with Gasteiger partial charge in [0.1, 0.15) is 5.82 Å². The molecular formula is C10H11F3O. The molecule has 0 aliphatic rings. The molecule has 0 amide bonds. The van der Waals surface area contributed by atoms with E-state index < -0.39 is 23.9 Å². The van der Waals surface area contributed by atoms with E-state index in [1.165, 1.54) is 6.07 Å². The van der Waals surface area contributed by atoms with E-state index in [9.17, 15) is 18.3 Å². The first kappa shape index (κ1) is 11.0. The van der Waals surface area contributed by atoms with Crippen molar-refractivity contribution in [2.75, 3.05) is 0 Å². The number of benzene rings is 1. The van der Waals surface area contributed by atoms with Gasteiger partial charge in [0.05, 0.1) is 11.7 Å². The molecule has 0 heterocycles. The van der Waals surface area contributed by atoms with E-state index in [1.54, 1.807) is 6.92 Å². The minimum absolute atomic E-state index is 0.328. The molecule has 0 radical (unpaired) electrons. The lowest BCUT2D eigenvalue weighted by atomic mass is 10.0. The summed E-state index contributed by atoms with van der Waals surface area (Å²) >= 11 is 0. The predicted octanol–water partition coefficient (Wildman–Crippen LogP) is 3.21. The zero-order valence-electron chi connectivity index (χ0n) is 7.67. The number of alkyl halides is 2. The molecule has 0 saturated heterocycles. The summed E-state index contributed by atoms with van der Waals surface area (Å²) in [5, 5.41) is 9.33. The minimum Gasteiger partial charge on any atom is -0.388 e. The molecule has 0 aliphatic heterocycles. The summed E-state index contributed by atoms with van der Waals surface area (Å²) in [6, 6.07) is 3.28. The monoisotopic (exact) mass is 204 g/mol. The maximum absolute atomic E-state index is 13.0. The molecular weight excluding hydrogens is 193 g/mol. The smallest absolute Gasteiger partial charge is 0.266 e. The highest BCUT2D eigenvalue weighted by Gasteiger charge is 2.15. The third kappa shape index (κ3) is 2.26. The Kier molecular flexibility index (Phi) is 3.52. The average Bonchev–Trinajstić information content (AvgIpc) is 2.15. The van der Waals surface area contributed by atoms with Gasteiger partial charge in [-0.1, -0.05) is 19.1 Å². The summed E-state index contributed by atoms with van der Waals surface area (Å²) in [7, 11) is 0. The molecule has 1 unspecified atom stereocenters. The number of hydrogen-bond acceptors (Lipinski definition) is 1. The fourth-order valence-corrected chi connectivity index (χ4v) is 1.16. The fourth-order valence-electron chi connectivity index (χ4n) is 1.16. The van der Waals surface area contributed by atoms with Crippen LogP contribution in [0.3, 0.4) is 0 Å². The molecule has 1 N–H and O–H groups in total. The van der Waals surface area contributed by atoms with Crippen LogP contribution >= 0.6 is 0 Å². The van der Waals surface area contributed by atoms with Crippen molar-refractivity contribution in [1.82, 2.24) is 0 Å². The Balaban J connectivity index is 3.00. The summed E-state index contributed by atoms with van der Waals surface area (Å²) in [5.41, 5.74) is -0.300. The van der Waals surface area contributed by atoms with Crippen LogP contribution in [-0.2, 0) is 0 Å². The van der Waals surface area contributed by atoms with Gasteiger partial charge in [-0.25, -0.2) is 13.2 Å². The first-order chi connectivity index (χ1) is 6.56. The van der Waals surface area contributed by atoms with Crippen LogP contribution < -0.4 is 0 Å². The molecule has 4 heteroatoms. The van der Waals surface area contributed by atoms with Gasteiger partial charge >= 0.3 is 0 Å². The van der Waals surface area contributed by atoms with E-state index in [0.717, 1.165) is 12.1 Å². The highest BCUT2D eigenvalue weighted by Crippen LogP contribution is 2.25. The lowest BCUT2D eigenvalue weighted by Gasteiger charge is -2.09. The molecule has 78 valence electrons. The van der Waals surface area contributed by atoms with Crippen molar-refractivity contribution in [2.24, 2.45) is 0 Å². The van der Waals surface area contributed by atoms with Crippen molar-refractivity contribution in [3.05, 3.63) is 35.1 Å². The predicted molar refractivity (Wildman–Crippen MR) is 46.6 cm³/mol. The van der Waals surface area contributed by atoms with Crippen molar-refractivity contribution in [3.63, 3.8) is 0 Å². The van der Waals surface area contributed by atoms with Gasteiger partial charge < -0.3 is 5.11 Å². The fraction of sp³-hybridized carbons (Fsp3) is 0.400. The molecule has 1 aromatic rings. The molecule has 0 fully saturated rings. The Bertz CT molecular complexity index is 312. The lowest BCUT2D eigenvalue weighted by Crippen LogP contribution is -1.98. The molecule has 1 nitrogen and oxygen atoms in total. The van der Waals surface area contributed by atoms with Gasteiger partial charge in [-0.05, 0) is 18.1 Å². The van der Waals surface area contributed by atoms with Crippen LogP contribution in [0.2, 0.25) is 0 Å². The quantitative estimate of drug-likeness (QED) is 0.801. The van der Waals surface area contributed by atoms with E-state index in [4.69, 9.17) is 0 Å². The highest BCUT2D eigenvalue weighted by molar-refractivity contribution is 5.26. The molecule has 0 bridgehead atoms. The zero-order chi connectivity index (χ0) is 10.7. The normalized spacial score (nSPS) is 13.3. The molecule has 0 aliphatic carbocycles. The number of aliphatic hydroxyl groups excluding tert-OH is 1. The topological polar surface area (TPSA) is 20.2 Å². The number of rotatable bonds is 3. The molecule has 0 aromatic heterocycles. The van der Waals surface area contributed by atoms with Crippen molar-refractivity contribution in [2.45, 2.75) is 25.9 Å². The number of hydrogen-bond donors (Lipinski definition) is 1. The van der Waals surface area contributed by atoms with Gasteiger partial charge in [-0.3, -0.25) is 0 Å². The maximum Gasteiger partial charge on any atom is 0.266 e. The van der Waals surface area contributed by atoms with Gasteiger partial charge in [0.25, 0.3) is 6.43 Å². The van der Waals surface area contributed by atoms with Crippen LogP contribution in [0.4, 0.5) is 13.2 Å². The van der Waals surface area contributed by atoms with Crippen molar-refractivity contribution in [3.8, 4) is 0 Å². The highest BCUT2D eigenvalue weighted by atomic mass is 19.3. The van der Waals surface area contributed by atoms with Gasteiger partial charge in [-0.2, -0.15) is 0 Å². The number of halogens is 3. The molecule has 1 rings (SSSR count). The zero-order valence-corrected chi connectivity index (χ0v) is 7.67. The maximum atomic E-state index is 13.0. The third-order valence-corrected chi connectivity index (χ3v) is 2.03. The largest absolute Gasteiger partial charge is 0.388 e. The van der Waals surface area contributed by atoms with Crippen LogP contribution in [0.15, 0.2) is 18.2 Å². The van der Waals surface area contributed by atoms with E-state index in [-0.39, 0.29) is 0 Å². The van der Waals surface area contributed by atoms with Crippen LogP contribution in [0.5, 0.6) is 0 Å². The van der Waals surface area contributed by atoms with E-state index in [2.05, 4.69) is 0 Å². The van der Waals surface area contributed by atoms with Gasteiger partial charge in [0.15, 0.2) is 0 Å². The SMILES string of the molecule is CCC(O)c1ccc(C(F)F)c(F)c1. The summed E-state index contributed by atoms with van der Waals surface area (Å²) in [6.07, 6.45) is -3.19. The Labute approximate surface area is 80.2 Å². The lowest BCUT2D eigenvalue weighted by molar-refractivity contribution is 0.145. The van der Waals surface area contributed by atoms with Crippen LogP contribution in [0, 0.1) is 5.82 Å². The van der Waals surface area contributed by atoms with E-state index in [1.807, 2.05) is 0 Å². The Hall–Kier alpha value is -1.03. The summed E-state index contributed by atoms with van der Waals surface area (Å²) in [5.74, 6) is -0.968. The van der Waals surface area contributed by atoms with Gasteiger partial charge in [0, 0.05) is 0 Å². The third-order valence-electron chi connectivity index (χ3n) is 2.03. The first-order valence-corrected chi connectivity index (χ1v) is 4.31. The number of aliphatic hydroxyl groups is 1.